The lowest BCUT2D eigenvalue weighted by atomic mass is 10.4. The van der Waals surface area contributed by atoms with Gasteiger partial charge in [0.2, 0.25) is 0 Å². The minimum atomic E-state index is 0.521. The van der Waals surface area contributed by atoms with Crippen molar-refractivity contribution >= 4 is 5.69 Å². The average Bonchev–Trinajstić information content (AvgIpc) is 2.88. The van der Waals surface area contributed by atoms with E-state index in [2.05, 4.69) is 5.10 Å². The summed E-state index contributed by atoms with van der Waals surface area (Å²) in [6, 6.07) is 0. The van der Waals surface area contributed by atoms with Gasteiger partial charge < -0.3 is 10.5 Å². The molecule has 1 heterocycles. The Hall–Kier alpha value is -1.03. The highest BCUT2D eigenvalue weighted by molar-refractivity contribution is 5.39. The first-order valence-corrected chi connectivity index (χ1v) is 4.67. The molecule has 0 saturated heterocycles. The molecule has 0 aromatic carbocycles. The van der Waals surface area contributed by atoms with Crippen LogP contribution >= 0.6 is 0 Å². The molecule has 0 radical (unpaired) electrons. The molecule has 1 aliphatic rings. The van der Waals surface area contributed by atoms with Crippen molar-refractivity contribution in [1.29, 1.82) is 0 Å². The summed E-state index contributed by atoms with van der Waals surface area (Å²) in [4.78, 5) is 0. The van der Waals surface area contributed by atoms with Gasteiger partial charge in [0.25, 0.3) is 0 Å². The Labute approximate surface area is 77.7 Å². The minimum absolute atomic E-state index is 0.521. The number of aromatic nitrogens is 2. The topological polar surface area (TPSA) is 53.1 Å². The molecule has 1 aromatic heterocycles. The third-order valence-electron chi connectivity index (χ3n) is 2.32. The van der Waals surface area contributed by atoms with Crippen LogP contribution in [0.1, 0.15) is 18.5 Å². The maximum Gasteiger partial charge on any atom is 0.0730 e. The van der Waals surface area contributed by atoms with Gasteiger partial charge in [-0.05, 0) is 19.8 Å². The molecule has 0 unspecified atom stereocenters. The molecule has 2 rings (SSSR count). The van der Waals surface area contributed by atoms with Gasteiger partial charge in [0.15, 0.2) is 0 Å². The lowest BCUT2D eigenvalue weighted by Crippen LogP contribution is -2.09. The van der Waals surface area contributed by atoms with E-state index < -0.39 is 0 Å². The molecule has 0 aliphatic heterocycles. The summed E-state index contributed by atoms with van der Waals surface area (Å²) in [7, 11) is 0. The maximum atomic E-state index is 5.66. The Kier molecular flexibility index (Phi) is 2.22. The fourth-order valence-corrected chi connectivity index (χ4v) is 1.23. The van der Waals surface area contributed by atoms with Crippen LogP contribution in [0.4, 0.5) is 5.69 Å². The molecule has 1 fully saturated rings. The van der Waals surface area contributed by atoms with Crippen LogP contribution in [0.2, 0.25) is 0 Å². The highest BCUT2D eigenvalue weighted by Crippen LogP contribution is 2.23. The van der Waals surface area contributed by atoms with Crippen molar-refractivity contribution in [1.82, 2.24) is 9.78 Å². The zero-order chi connectivity index (χ0) is 9.26. The standard InChI is InChI=1S/C9H15N3O/c1-7-9(10)6-11-12(7)4-5-13-8-2-3-8/h6,8H,2-5,10H2,1H3. The average molecular weight is 181 g/mol. The molecule has 0 amide bonds. The molecular formula is C9H15N3O. The molecule has 72 valence electrons. The maximum absolute atomic E-state index is 5.66. The van der Waals surface area contributed by atoms with Gasteiger partial charge >= 0.3 is 0 Å². The number of nitrogens with zero attached hydrogens (tertiary/aromatic N) is 2. The van der Waals surface area contributed by atoms with Crippen LogP contribution in [0.5, 0.6) is 0 Å². The predicted molar refractivity (Wildman–Crippen MR) is 50.4 cm³/mol. The molecule has 13 heavy (non-hydrogen) atoms. The van der Waals surface area contributed by atoms with Crippen molar-refractivity contribution < 1.29 is 4.74 Å². The first kappa shape index (κ1) is 8.56. The largest absolute Gasteiger partial charge is 0.396 e. The predicted octanol–water partition coefficient (Wildman–Crippen LogP) is 0.953. The Morgan fingerprint density at radius 1 is 1.69 bits per heavy atom. The number of hydrogen-bond donors (Lipinski definition) is 1. The second-order valence-corrected chi connectivity index (χ2v) is 3.48. The van der Waals surface area contributed by atoms with Gasteiger partial charge in [0, 0.05) is 0 Å². The van der Waals surface area contributed by atoms with E-state index in [1.54, 1.807) is 6.20 Å². The van der Waals surface area contributed by atoms with Crippen LogP contribution in [0, 0.1) is 6.92 Å². The Bertz CT molecular complexity index is 291. The quantitative estimate of drug-likeness (QED) is 0.752. The SMILES string of the molecule is Cc1c(N)cnn1CCOC1CC1. The van der Waals surface area contributed by atoms with Gasteiger partial charge in [-0.3, -0.25) is 4.68 Å². The van der Waals surface area contributed by atoms with E-state index in [0.29, 0.717) is 6.10 Å². The van der Waals surface area contributed by atoms with Gasteiger partial charge in [0.1, 0.15) is 0 Å². The van der Waals surface area contributed by atoms with Gasteiger partial charge in [-0.15, -0.1) is 0 Å². The Morgan fingerprint density at radius 3 is 3.00 bits per heavy atom. The van der Waals surface area contributed by atoms with Crippen LogP contribution in [-0.4, -0.2) is 22.5 Å². The molecule has 0 bridgehead atoms. The fourth-order valence-electron chi connectivity index (χ4n) is 1.23. The second-order valence-electron chi connectivity index (χ2n) is 3.48. The summed E-state index contributed by atoms with van der Waals surface area (Å²) < 4.78 is 7.41. The zero-order valence-corrected chi connectivity index (χ0v) is 7.86. The van der Waals surface area contributed by atoms with E-state index in [9.17, 15) is 0 Å². The first-order chi connectivity index (χ1) is 6.27. The summed E-state index contributed by atoms with van der Waals surface area (Å²) in [5.41, 5.74) is 7.44. The summed E-state index contributed by atoms with van der Waals surface area (Å²) >= 11 is 0. The normalized spacial score (nSPS) is 16.4. The van der Waals surface area contributed by atoms with Crippen LogP contribution in [-0.2, 0) is 11.3 Å². The molecule has 0 spiro atoms. The van der Waals surface area contributed by atoms with E-state index in [0.717, 1.165) is 24.5 Å². The van der Waals surface area contributed by atoms with E-state index in [-0.39, 0.29) is 0 Å². The van der Waals surface area contributed by atoms with E-state index in [1.165, 1.54) is 12.8 Å². The Morgan fingerprint density at radius 2 is 2.46 bits per heavy atom. The highest BCUT2D eigenvalue weighted by Gasteiger charge is 2.21. The number of anilines is 1. The molecule has 0 atom stereocenters. The number of nitrogen functional groups attached to an aromatic ring is 1. The van der Waals surface area contributed by atoms with E-state index in [1.807, 2.05) is 11.6 Å². The van der Waals surface area contributed by atoms with Crippen LogP contribution in [0.15, 0.2) is 6.20 Å². The monoisotopic (exact) mass is 181 g/mol. The van der Waals surface area contributed by atoms with E-state index >= 15 is 0 Å². The summed E-state index contributed by atoms with van der Waals surface area (Å²) in [6.45, 7) is 3.52. The first-order valence-electron chi connectivity index (χ1n) is 4.67. The minimum Gasteiger partial charge on any atom is -0.396 e. The molecule has 2 N–H and O–H groups in total. The van der Waals surface area contributed by atoms with Crippen LogP contribution < -0.4 is 5.73 Å². The third kappa shape index (κ3) is 2.01. The highest BCUT2D eigenvalue weighted by atomic mass is 16.5. The van der Waals surface area contributed by atoms with Crippen LogP contribution in [0.3, 0.4) is 0 Å². The van der Waals surface area contributed by atoms with Gasteiger partial charge in [-0.2, -0.15) is 5.10 Å². The lowest BCUT2D eigenvalue weighted by Gasteiger charge is -2.04. The molecule has 1 aliphatic carbocycles. The van der Waals surface area contributed by atoms with Crippen molar-refractivity contribution in [2.24, 2.45) is 0 Å². The van der Waals surface area contributed by atoms with Crippen molar-refractivity contribution in [2.45, 2.75) is 32.4 Å². The van der Waals surface area contributed by atoms with Gasteiger partial charge in [0.05, 0.1) is 36.8 Å². The number of rotatable bonds is 4. The van der Waals surface area contributed by atoms with Gasteiger partial charge in [-0.25, -0.2) is 0 Å². The van der Waals surface area contributed by atoms with Gasteiger partial charge in [-0.1, -0.05) is 0 Å². The third-order valence-corrected chi connectivity index (χ3v) is 2.32. The molecule has 1 saturated carbocycles. The zero-order valence-electron chi connectivity index (χ0n) is 7.86. The van der Waals surface area contributed by atoms with Crippen LogP contribution in [0.25, 0.3) is 0 Å². The number of ether oxygens (including phenoxy) is 1. The fraction of sp³-hybridized carbons (Fsp3) is 0.667. The smallest absolute Gasteiger partial charge is 0.0730 e. The summed E-state index contributed by atoms with van der Waals surface area (Å²) in [5.74, 6) is 0. The van der Waals surface area contributed by atoms with Crippen molar-refractivity contribution in [3.8, 4) is 0 Å². The molecular weight excluding hydrogens is 166 g/mol. The summed E-state index contributed by atoms with van der Waals surface area (Å²) in [6.07, 6.45) is 4.65. The van der Waals surface area contributed by atoms with E-state index in [4.69, 9.17) is 10.5 Å². The second kappa shape index (κ2) is 3.38. The molecule has 4 nitrogen and oxygen atoms in total. The van der Waals surface area contributed by atoms with Crippen molar-refractivity contribution in [3.05, 3.63) is 11.9 Å². The molecule has 4 heteroatoms. The van der Waals surface area contributed by atoms with Crippen molar-refractivity contribution in [2.75, 3.05) is 12.3 Å². The Balaban J connectivity index is 1.82. The molecule has 1 aromatic rings. The van der Waals surface area contributed by atoms with Crippen molar-refractivity contribution in [3.63, 3.8) is 0 Å². The number of nitrogens with two attached hydrogens (primary N) is 1. The lowest BCUT2D eigenvalue weighted by molar-refractivity contribution is 0.109. The number of hydrogen-bond acceptors (Lipinski definition) is 3. The summed E-state index contributed by atoms with van der Waals surface area (Å²) in [5, 5.41) is 4.14.